The highest BCUT2D eigenvalue weighted by Gasteiger charge is 2.16. The highest BCUT2D eigenvalue weighted by molar-refractivity contribution is 5.28. The third kappa shape index (κ3) is 2.87. The smallest absolute Gasteiger partial charge is 0.156 e. The van der Waals surface area contributed by atoms with Crippen LogP contribution in [-0.2, 0) is 16.1 Å². The number of nitrogen functional groups attached to an aromatic ring is 1. The molecule has 0 saturated carbocycles. The molecule has 0 radical (unpaired) electrons. The van der Waals surface area contributed by atoms with Crippen LogP contribution in [0.2, 0.25) is 0 Å². The Labute approximate surface area is 88.6 Å². The summed E-state index contributed by atoms with van der Waals surface area (Å²) in [6, 6.07) is 1.74. The monoisotopic (exact) mass is 209 g/mol. The molecule has 0 aromatic carbocycles. The summed E-state index contributed by atoms with van der Waals surface area (Å²) >= 11 is 0. The molecule has 5 heteroatoms. The average molecular weight is 209 g/mol. The van der Waals surface area contributed by atoms with Crippen LogP contribution in [-0.4, -0.2) is 29.3 Å². The number of aryl methyl sites for hydroxylation is 1. The van der Waals surface area contributed by atoms with Gasteiger partial charge >= 0.3 is 0 Å². The van der Waals surface area contributed by atoms with Gasteiger partial charge in [0.15, 0.2) is 5.82 Å². The van der Waals surface area contributed by atoms with E-state index in [4.69, 9.17) is 15.2 Å². The van der Waals surface area contributed by atoms with Crippen LogP contribution in [0.5, 0.6) is 0 Å². The number of aromatic nitrogens is 2. The summed E-state index contributed by atoms with van der Waals surface area (Å²) in [6.07, 6.45) is 1.12. The molecule has 1 saturated heterocycles. The second kappa shape index (κ2) is 4.55. The SMILES string of the molecule is Cc1cc(N)nc(COC2CCOC2)n1. The second-order valence-electron chi connectivity index (χ2n) is 3.65. The first-order chi connectivity index (χ1) is 7.24. The van der Waals surface area contributed by atoms with Gasteiger partial charge < -0.3 is 15.2 Å². The number of nitrogens with two attached hydrogens (primary N) is 1. The van der Waals surface area contributed by atoms with Crippen LogP contribution in [0.25, 0.3) is 0 Å². The van der Waals surface area contributed by atoms with Crippen LogP contribution in [0.4, 0.5) is 5.82 Å². The Kier molecular flexibility index (Phi) is 3.13. The molecule has 1 fully saturated rings. The first-order valence-corrected chi connectivity index (χ1v) is 5.03. The Bertz CT molecular complexity index is 317. The summed E-state index contributed by atoms with van der Waals surface area (Å²) in [5.74, 6) is 1.13. The van der Waals surface area contributed by atoms with Gasteiger partial charge in [-0.2, -0.15) is 0 Å². The van der Waals surface area contributed by atoms with Crippen molar-refractivity contribution in [1.29, 1.82) is 0 Å². The summed E-state index contributed by atoms with van der Waals surface area (Å²) in [4.78, 5) is 8.33. The number of rotatable bonds is 3. The van der Waals surface area contributed by atoms with E-state index in [0.29, 0.717) is 24.9 Å². The summed E-state index contributed by atoms with van der Waals surface area (Å²) in [5, 5.41) is 0. The van der Waals surface area contributed by atoms with Gasteiger partial charge in [-0.25, -0.2) is 9.97 Å². The van der Waals surface area contributed by atoms with Crippen molar-refractivity contribution < 1.29 is 9.47 Å². The Morgan fingerprint density at radius 2 is 2.47 bits per heavy atom. The van der Waals surface area contributed by atoms with Crippen LogP contribution < -0.4 is 5.73 Å². The molecule has 1 aliphatic rings. The first-order valence-electron chi connectivity index (χ1n) is 5.03. The molecular weight excluding hydrogens is 194 g/mol. The van der Waals surface area contributed by atoms with Crippen molar-refractivity contribution >= 4 is 5.82 Å². The minimum Gasteiger partial charge on any atom is -0.384 e. The fourth-order valence-electron chi connectivity index (χ4n) is 1.56. The van der Waals surface area contributed by atoms with E-state index in [9.17, 15) is 0 Å². The fourth-order valence-corrected chi connectivity index (χ4v) is 1.56. The summed E-state index contributed by atoms with van der Waals surface area (Å²) in [5.41, 5.74) is 6.48. The second-order valence-corrected chi connectivity index (χ2v) is 3.65. The van der Waals surface area contributed by atoms with Gasteiger partial charge in [-0.1, -0.05) is 0 Å². The molecule has 2 heterocycles. The van der Waals surface area contributed by atoms with Gasteiger partial charge in [0.2, 0.25) is 0 Å². The van der Waals surface area contributed by atoms with Crippen LogP contribution >= 0.6 is 0 Å². The van der Waals surface area contributed by atoms with Crippen molar-refractivity contribution in [3.05, 3.63) is 17.6 Å². The Balaban J connectivity index is 1.92. The van der Waals surface area contributed by atoms with Crippen molar-refractivity contribution in [1.82, 2.24) is 9.97 Å². The molecule has 82 valence electrons. The third-order valence-corrected chi connectivity index (χ3v) is 2.26. The van der Waals surface area contributed by atoms with E-state index < -0.39 is 0 Å². The minimum atomic E-state index is 0.176. The summed E-state index contributed by atoms with van der Waals surface area (Å²) in [6.45, 7) is 3.74. The van der Waals surface area contributed by atoms with E-state index in [-0.39, 0.29) is 6.10 Å². The average Bonchev–Trinajstić information content (AvgIpc) is 2.65. The lowest BCUT2D eigenvalue weighted by molar-refractivity contribution is 0.0284. The first kappa shape index (κ1) is 10.3. The third-order valence-electron chi connectivity index (χ3n) is 2.26. The zero-order chi connectivity index (χ0) is 10.7. The molecular formula is C10H15N3O2. The van der Waals surface area contributed by atoms with Gasteiger partial charge in [0.05, 0.1) is 12.7 Å². The Hall–Kier alpha value is -1.20. The number of hydrogen-bond acceptors (Lipinski definition) is 5. The van der Waals surface area contributed by atoms with E-state index in [1.54, 1.807) is 6.07 Å². The molecule has 0 spiro atoms. The molecule has 5 nitrogen and oxygen atoms in total. The standard InChI is InChI=1S/C10H15N3O2/c1-7-4-9(11)13-10(12-7)6-15-8-2-3-14-5-8/h4,8H,2-3,5-6H2,1H3,(H2,11,12,13). The quantitative estimate of drug-likeness (QED) is 0.792. The lowest BCUT2D eigenvalue weighted by atomic mass is 10.3. The number of ether oxygens (including phenoxy) is 2. The van der Waals surface area contributed by atoms with Crippen molar-refractivity contribution in [3.8, 4) is 0 Å². The van der Waals surface area contributed by atoms with E-state index in [0.717, 1.165) is 18.7 Å². The normalized spacial score (nSPS) is 20.7. The van der Waals surface area contributed by atoms with Gasteiger partial charge in [-0.3, -0.25) is 0 Å². The molecule has 0 aliphatic carbocycles. The highest BCUT2D eigenvalue weighted by atomic mass is 16.5. The van der Waals surface area contributed by atoms with Crippen LogP contribution in [0.3, 0.4) is 0 Å². The number of anilines is 1. The molecule has 0 bridgehead atoms. The molecule has 1 unspecified atom stereocenters. The van der Waals surface area contributed by atoms with Crippen LogP contribution in [0.15, 0.2) is 6.07 Å². The van der Waals surface area contributed by atoms with Crippen molar-refractivity contribution in [3.63, 3.8) is 0 Å². The highest BCUT2D eigenvalue weighted by Crippen LogP contribution is 2.10. The molecule has 1 aliphatic heterocycles. The van der Waals surface area contributed by atoms with Gasteiger partial charge in [-0.15, -0.1) is 0 Å². The maximum Gasteiger partial charge on any atom is 0.156 e. The van der Waals surface area contributed by atoms with E-state index in [2.05, 4.69) is 9.97 Å². The molecule has 1 aromatic heterocycles. The molecule has 2 rings (SSSR count). The topological polar surface area (TPSA) is 70.3 Å². The van der Waals surface area contributed by atoms with Crippen molar-refractivity contribution in [2.45, 2.75) is 26.1 Å². The predicted octanol–water partition coefficient (Wildman–Crippen LogP) is 0.673. The molecule has 0 amide bonds. The Morgan fingerprint density at radius 1 is 1.60 bits per heavy atom. The lowest BCUT2D eigenvalue weighted by Gasteiger charge is -2.09. The van der Waals surface area contributed by atoms with Crippen molar-refractivity contribution in [2.24, 2.45) is 0 Å². The van der Waals surface area contributed by atoms with E-state index in [1.807, 2.05) is 6.92 Å². The van der Waals surface area contributed by atoms with E-state index >= 15 is 0 Å². The number of nitrogens with zero attached hydrogens (tertiary/aromatic N) is 2. The summed E-state index contributed by atoms with van der Waals surface area (Å²) < 4.78 is 10.8. The summed E-state index contributed by atoms with van der Waals surface area (Å²) in [7, 11) is 0. The molecule has 1 atom stereocenters. The zero-order valence-electron chi connectivity index (χ0n) is 8.77. The number of hydrogen-bond donors (Lipinski definition) is 1. The van der Waals surface area contributed by atoms with E-state index in [1.165, 1.54) is 0 Å². The largest absolute Gasteiger partial charge is 0.384 e. The lowest BCUT2D eigenvalue weighted by Crippen LogP contribution is -2.13. The zero-order valence-corrected chi connectivity index (χ0v) is 8.77. The minimum absolute atomic E-state index is 0.176. The van der Waals surface area contributed by atoms with Gasteiger partial charge in [-0.05, 0) is 13.3 Å². The molecule has 15 heavy (non-hydrogen) atoms. The maximum atomic E-state index is 5.61. The maximum absolute atomic E-state index is 5.61. The van der Waals surface area contributed by atoms with Crippen LogP contribution in [0.1, 0.15) is 17.9 Å². The van der Waals surface area contributed by atoms with Gasteiger partial charge in [0.1, 0.15) is 12.4 Å². The van der Waals surface area contributed by atoms with Gasteiger partial charge in [0, 0.05) is 18.4 Å². The Morgan fingerprint density at radius 3 is 3.13 bits per heavy atom. The molecule has 2 N–H and O–H groups in total. The van der Waals surface area contributed by atoms with Crippen LogP contribution in [0, 0.1) is 6.92 Å². The van der Waals surface area contributed by atoms with Crippen molar-refractivity contribution in [2.75, 3.05) is 18.9 Å². The predicted molar refractivity (Wildman–Crippen MR) is 55.2 cm³/mol. The van der Waals surface area contributed by atoms with Gasteiger partial charge in [0.25, 0.3) is 0 Å². The molecule has 1 aromatic rings. The fraction of sp³-hybridized carbons (Fsp3) is 0.600.